The number of carbonyl (C=O) groups is 1. The van der Waals surface area contributed by atoms with E-state index in [-0.39, 0.29) is 30.8 Å². The first-order valence-electron chi connectivity index (χ1n) is 11.0. The quantitative estimate of drug-likeness (QED) is 0.601. The molecular weight excluding hydrogens is 438 g/mol. The summed E-state index contributed by atoms with van der Waals surface area (Å²) in [4.78, 5) is 23.2. The van der Waals surface area contributed by atoms with Crippen molar-refractivity contribution in [3.63, 3.8) is 0 Å². The van der Waals surface area contributed by atoms with Crippen molar-refractivity contribution < 1.29 is 15.0 Å². The lowest BCUT2D eigenvalue weighted by atomic mass is 9.90. The molecule has 0 spiro atoms. The van der Waals surface area contributed by atoms with Crippen LogP contribution < -0.4 is 0 Å². The Kier molecular flexibility index (Phi) is 6.52. The Morgan fingerprint density at radius 2 is 1.70 bits per heavy atom. The van der Waals surface area contributed by atoms with Crippen LogP contribution in [0.15, 0.2) is 55.0 Å². The van der Waals surface area contributed by atoms with Crippen molar-refractivity contribution in [3.05, 3.63) is 71.3 Å². The van der Waals surface area contributed by atoms with Crippen LogP contribution in [-0.2, 0) is 5.41 Å². The van der Waals surface area contributed by atoms with Gasteiger partial charge in [-0.1, -0.05) is 38.4 Å². The van der Waals surface area contributed by atoms with Gasteiger partial charge in [0.25, 0.3) is 5.91 Å². The smallest absolute Gasteiger partial charge is 0.254 e. The third kappa shape index (κ3) is 5.24. The van der Waals surface area contributed by atoms with E-state index in [1.54, 1.807) is 24.4 Å². The van der Waals surface area contributed by atoms with Crippen LogP contribution in [-0.4, -0.2) is 56.3 Å². The lowest BCUT2D eigenvalue weighted by molar-refractivity contribution is -0.00384. The molecule has 3 heterocycles. The zero-order valence-electron chi connectivity index (χ0n) is 19.0. The van der Waals surface area contributed by atoms with Crippen molar-refractivity contribution in [2.75, 3.05) is 13.1 Å². The molecule has 7 heteroatoms. The van der Waals surface area contributed by atoms with Crippen LogP contribution >= 0.6 is 11.6 Å². The van der Waals surface area contributed by atoms with Crippen molar-refractivity contribution in [1.82, 2.24) is 14.9 Å². The van der Waals surface area contributed by atoms with E-state index in [0.717, 1.165) is 27.9 Å². The van der Waals surface area contributed by atoms with Gasteiger partial charge in [-0.15, -0.1) is 0 Å². The maximum Gasteiger partial charge on any atom is 0.254 e. The molecule has 3 aromatic rings. The Bertz CT molecular complexity index is 1170. The van der Waals surface area contributed by atoms with Gasteiger partial charge in [-0.25, -0.2) is 0 Å². The van der Waals surface area contributed by atoms with Crippen molar-refractivity contribution in [3.8, 4) is 22.3 Å². The number of piperidine rings is 1. The maximum absolute atomic E-state index is 12.9. The lowest BCUT2D eigenvalue weighted by Gasteiger charge is -2.33. The first kappa shape index (κ1) is 23.4. The predicted octanol–water partition coefficient (Wildman–Crippen LogP) is 4.33. The molecule has 172 valence electrons. The Morgan fingerprint density at radius 1 is 1.00 bits per heavy atom. The van der Waals surface area contributed by atoms with Crippen LogP contribution in [0, 0.1) is 0 Å². The van der Waals surface area contributed by atoms with E-state index in [1.165, 1.54) is 4.90 Å². The number of aliphatic hydroxyl groups is 2. The van der Waals surface area contributed by atoms with Gasteiger partial charge in [0.05, 0.1) is 12.2 Å². The number of aliphatic hydroxyl groups excluding tert-OH is 2. The number of hydrogen-bond acceptors (Lipinski definition) is 5. The molecule has 6 nitrogen and oxygen atoms in total. The number of hydrogen-bond donors (Lipinski definition) is 2. The Morgan fingerprint density at radius 3 is 2.36 bits per heavy atom. The van der Waals surface area contributed by atoms with Crippen LogP contribution in [0.3, 0.4) is 0 Å². The summed E-state index contributed by atoms with van der Waals surface area (Å²) in [6.45, 7) is 6.78. The molecule has 2 atom stereocenters. The average Bonchev–Trinajstić information content (AvgIpc) is 2.77. The van der Waals surface area contributed by atoms with Crippen LogP contribution in [0.1, 0.15) is 43.2 Å². The molecule has 0 saturated carbocycles. The second kappa shape index (κ2) is 9.21. The van der Waals surface area contributed by atoms with Gasteiger partial charge in [0.15, 0.2) is 0 Å². The molecule has 2 aromatic heterocycles. The molecule has 1 aromatic carbocycles. The summed E-state index contributed by atoms with van der Waals surface area (Å²) in [5, 5.41) is 20.2. The van der Waals surface area contributed by atoms with Crippen molar-refractivity contribution in [2.24, 2.45) is 0 Å². The summed E-state index contributed by atoms with van der Waals surface area (Å²) in [5.41, 5.74) is 4.94. The fourth-order valence-corrected chi connectivity index (χ4v) is 4.33. The standard InChI is InChI=1S/C26H28ClN3O3/c1-26(2,3)24-10-16(6-7-29-24)18-8-19(13-28-12-18)22-5-4-17(9-23(22)27)25(33)30-14-20(31)11-21(32)15-30/h4-10,12-13,20-21,31-32H,11,14-15H2,1-3H3/t20-,21+. The lowest BCUT2D eigenvalue weighted by Crippen LogP contribution is -2.48. The van der Waals surface area contributed by atoms with Gasteiger partial charge in [0, 0.05) is 76.5 Å². The zero-order chi connectivity index (χ0) is 23.8. The van der Waals surface area contributed by atoms with Gasteiger partial charge in [0.1, 0.15) is 0 Å². The highest BCUT2D eigenvalue weighted by Crippen LogP contribution is 2.32. The first-order valence-corrected chi connectivity index (χ1v) is 11.4. The summed E-state index contributed by atoms with van der Waals surface area (Å²) in [6.07, 6.45) is 4.19. The third-order valence-corrected chi connectivity index (χ3v) is 6.13. The summed E-state index contributed by atoms with van der Waals surface area (Å²) in [5.74, 6) is -0.264. The highest BCUT2D eigenvalue weighted by molar-refractivity contribution is 6.33. The minimum Gasteiger partial charge on any atom is -0.391 e. The van der Waals surface area contributed by atoms with E-state index in [4.69, 9.17) is 11.6 Å². The molecule has 1 fully saturated rings. The topological polar surface area (TPSA) is 86.6 Å². The van der Waals surface area contributed by atoms with E-state index in [9.17, 15) is 15.0 Å². The summed E-state index contributed by atoms with van der Waals surface area (Å²) < 4.78 is 0. The zero-order valence-corrected chi connectivity index (χ0v) is 19.8. The van der Waals surface area contributed by atoms with E-state index in [2.05, 4.69) is 36.8 Å². The third-order valence-electron chi connectivity index (χ3n) is 5.82. The molecule has 4 rings (SSSR count). The summed E-state index contributed by atoms with van der Waals surface area (Å²) in [7, 11) is 0. The second-order valence-electron chi connectivity index (χ2n) is 9.59. The SMILES string of the molecule is CC(C)(C)c1cc(-c2cncc(-c3ccc(C(=O)N4C[C@H](O)C[C@H](O)C4)cc3Cl)c2)ccn1. The number of pyridine rings is 2. The second-order valence-corrected chi connectivity index (χ2v) is 10.00. The van der Waals surface area contributed by atoms with Gasteiger partial charge in [-0.3, -0.25) is 14.8 Å². The largest absolute Gasteiger partial charge is 0.391 e. The Labute approximate surface area is 198 Å². The number of carbonyl (C=O) groups excluding carboxylic acids is 1. The van der Waals surface area contributed by atoms with Crippen molar-refractivity contribution >= 4 is 17.5 Å². The molecule has 1 aliphatic rings. The minimum absolute atomic E-state index is 0.0623. The average molecular weight is 466 g/mol. The molecule has 0 aliphatic carbocycles. The van der Waals surface area contributed by atoms with Gasteiger partial charge in [-0.05, 0) is 35.9 Å². The molecule has 0 bridgehead atoms. The monoisotopic (exact) mass is 465 g/mol. The molecule has 33 heavy (non-hydrogen) atoms. The molecule has 0 radical (unpaired) electrons. The Balaban J connectivity index is 1.61. The number of nitrogens with zero attached hydrogens (tertiary/aromatic N) is 3. The van der Waals surface area contributed by atoms with Crippen LogP contribution in [0.2, 0.25) is 5.02 Å². The van der Waals surface area contributed by atoms with Gasteiger partial charge < -0.3 is 15.1 Å². The number of aromatic nitrogens is 2. The molecule has 1 amide bonds. The highest BCUT2D eigenvalue weighted by Gasteiger charge is 2.28. The van der Waals surface area contributed by atoms with Crippen LogP contribution in [0.5, 0.6) is 0 Å². The first-order chi connectivity index (χ1) is 15.6. The summed E-state index contributed by atoms with van der Waals surface area (Å²) in [6, 6.07) is 11.2. The molecule has 1 aliphatic heterocycles. The maximum atomic E-state index is 12.9. The van der Waals surface area contributed by atoms with Crippen molar-refractivity contribution in [1.29, 1.82) is 0 Å². The molecule has 2 N–H and O–H groups in total. The van der Waals surface area contributed by atoms with Crippen molar-refractivity contribution in [2.45, 2.75) is 44.8 Å². The number of rotatable bonds is 3. The van der Waals surface area contributed by atoms with Crippen LogP contribution in [0.4, 0.5) is 0 Å². The van der Waals surface area contributed by atoms with E-state index < -0.39 is 12.2 Å². The minimum atomic E-state index is -0.728. The fraction of sp³-hybridized carbons (Fsp3) is 0.346. The number of halogens is 1. The fourth-order valence-electron chi connectivity index (χ4n) is 4.04. The number of benzene rings is 1. The molecule has 0 unspecified atom stereocenters. The van der Waals surface area contributed by atoms with Crippen LogP contribution in [0.25, 0.3) is 22.3 Å². The number of β-amino-alcohol motifs (C(OH)–C–C–N with tert-alkyl or cyclic N) is 2. The number of likely N-dealkylation sites (tertiary alicyclic amines) is 1. The molecular formula is C26H28ClN3O3. The molecule has 1 saturated heterocycles. The summed E-state index contributed by atoms with van der Waals surface area (Å²) >= 11 is 6.58. The van der Waals surface area contributed by atoms with E-state index >= 15 is 0 Å². The van der Waals surface area contributed by atoms with Gasteiger partial charge >= 0.3 is 0 Å². The normalized spacial score (nSPS) is 18.9. The van der Waals surface area contributed by atoms with Gasteiger partial charge in [-0.2, -0.15) is 0 Å². The van der Waals surface area contributed by atoms with Gasteiger partial charge in [0.2, 0.25) is 0 Å². The van der Waals surface area contributed by atoms with E-state index in [0.29, 0.717) is 10.6 Å². The number of amides is 1. The van der Waals surface area contributed by atoms with E-state index in [1.807, 2.05) is 24.5 Å². The Hall–Kier alpha value is -2.80. The predicted molar refractivity (Wildman–Crippen MR) is 129 cm³/mol. The highest BCUT2D eigenvalue weighted by atomic mass is 35.5.